The van der Waals surface area contributed by atoms with Crippen LogP contribution in [0.25, 0.3) is 0 Å². The highest BCUT2D eigenvalue weighted by Gasteiger charge is 2.19. The zero-order valence-electron chi connectivity index (χ0n) is 40.2. The van der Waals surface area contributed by atoms with Crippen molar-refractivity contribution >= 4 is 17.9 Å². The van der Waals surface area contributed by atoms with Gasteiger partial charge in [-0.2, -0.15) is 0 Å². The van der Waals surface area contributed by atoms with E-state index in [2.05, 4.69) is 27.7 Å². The minimum absolute atomic E-state index is 0.0627. The third-order valence-electron chi connectivity index (χ3n) is 12.0. The van der Waals surface area contributed by atoms with Gasteiger partial charge in [0, 0.05) is 19.3 Å². The summed E-state index contributed by atoms with van der Waals surface area (Å²) in [4.78, 5) is 37.9. The lowest BCUT2D eigenvalue weighted by atomic mass is 10.0. The number of carbonyl (C=O) groups excluding carboxylic acids is 3. The van der Waals surface area contributed by atoms with E-state index in [1.54, 1.807) is 0 Å². The van der Waals surface area contributed by atoms with Gasteiger partial charge < -0.3 is 14.2 Å². The molecule has 0 unspecified atom stereocenters. The lowest BCUT2D eigenvalue weighted by Gasteiger charge is -2.18. The second-order valence-electron chi connectivity index (χ2n) is 18.6. The van der Waals surface area contributed by atoms with Crippen molar-refractivity contribution in [2.45, 2.75) is 303 Å². The molecule has 0 amide bonds. The van der Waals surface area contributed by atoms with E-state index in [0.29, 0.717) is 19.3 Å². The number of hydrogen-bond donors (Lipinski definition) is 0. The predicted octanol–water partition coefficient (Wildman–Crippen LogP) is 17.1. The van der Waals surface area contributed by atoms with Gasteiger partial charge in [0.25, 0.3) is 0 Å². The molecular formula is C53H102O6. The SMILES string of the molecule is CCCCCCCCCCCCCCCCCCC(=O)O[C@H](COC(=O)CCCCCCCCCCCCC)COC(=O)CCCCCCCCCCCCCC(C)C. The number of rotatable bonds is 48. The summed E-state index contributed by atoms with van der Waals surface area (Å²) >= 11 is 0. The third-order valence-corrected chi connectivity index (χ3v) is 12.0. The van der Waals surface area contributed by atoms with Crippen molar-refractivity contribution in [1.29, 1.82) is 0 Å². The molecule has 0 aliphatic rings. The second-order valence-corrected chi connectivity index (χ2v) is 18.6. The molecule has 0 aliphatic heterocycles. The first kappa shape index (κ1) is 57.4. The van der Waals surface area contributed by atoms with Crippen LogP contribution in [0.15, 0.2) is 0 Å². The van der Waals surface area contributed by atoms with Gasteiger partial charge in [0.15, 0.2) is 6.10 Å². The highest BCUT2D eigenvalue weighted by molar-refractivity contribution is 5.71. The molecule has 0 radical (unpaired) electrons. The zero-order chi connectivity index (χ0) is 43.1. The van der Waals surface area contributed by atoms with Gasteiger partial charge in [-0.1, -0.05) is 259 Å². The summed E-state index contributed by atoms with van der Waals surface area (Å²) < 4.78 is 16.8. The van der Waals surface area contributed by atoms with E-state index in [-0.39, 0.29) is 31.1 Å². The first-order chi connectivity index (χ1) is 28.9. The van der Waals surface area contributed by atoms with E-state index >= 15 is 0 Å². The van der Waals surface area contributed by atoms with Crippen LogP contribution in [0.4, 0.5) is 0 Å². The number of esters is 3. The van der Waals surface area contributed by atoms with Gasteiger partial charge in [0.2, 0.25) is 0 Å². The van der Waals surface area contributed by atoms with Gasteiger partial charge >= 0.3 is 17.9 Å². The molecule has 1 atom stereocenters. The molecule has 6 heteroatoms. The number of unbranched alkanes of at least 4 members (excludes halogenated alkanes) is 35. The predicted molar refractivity (Wildman–Crippen MR) is 252 cm³/mol. The van der Waals surface area contributed by atoms with Gasteiger partial charge in [-0.25, -0.2) is 0 Å². The summed E-state index contributed by atoms with van der Waals surface area (Å²) in [7, 11) is 0. The normalized spacial score (nSPS) is 11.9. The summed E-state index contributed by atoms with van der Waals surface area (Å²) in [6, 6.07) is 0. The monoisotopic (exact) mass is 835 g/mol. The lowest BCUT2D eigenvalue weighted by molar-refractivity contribution is -0.167. The summed E-state index contributed by atoms with van der Waals surface area (Å²) in [5.74, 6) is -0.0165. The van der Waals surface area contributed by atoms with Crippen molar-refractivity contribution < 1.29 is 28.6 Å². The van der Waals surface area contributed by atoms with Crippen LogP contribution in [-0.2, 0) is 28.6 Å². The summed E-state index contributed by atoms with van der Waals surface area (Å²) in [5.41, 5.74) is 0. The van der Waals surface area contributed by atoms with Crippen LogP contribution in [0, 0.1) is 5.92 Å². The van der Waals surface area contributed by atoms with Crippen LogP contribution in [0.1, 0.15) is 297 Å². The van der Waals surface area contributed by atoms with Crippen molar-refractivity contribution in [2.75, 3.05) is 13.2 Å². The van der Waals surface area contributed by atoms with Crippen molar-refractivity contribution in [3.63, 3.8) is 0 Å². The fourth-order valence-corrected chi connectivity index (χ4v) is 8.04. The Kier molecular flexibility index (Phi) is 46.2. The van der Waals surface area contributed by atoms with Crippen LogP contribution >= 0.6 is 0 Å². The average molecular weight is 835 g/mol. The standard InChI is InChI=1S/C53H102O6/c1-5-7-9-11-13-15-17-18-19-20-21-25-30-34-38-42-46-53(56)59-50(47-57-51(54)44-40-36-32-28-23-16-14-12-10-8-6-2)48-58-52(55)45-41-37-33-29-26-22-24-27-31-35-39-43-49(3)4/h49-50H,5-48H2,1-4H3/t50-/m1/s1. The molecule has 0 bridgehead atoms. The Bertz CT molecular complexity index is 887. The summed E-state index contributed by atoms with van der Waals surface area (Å²) in [6.45, 7) is 9.02. The molecule has 59 heavy (non-hydrogen) atoms. The van der Waals surface area contributed by atoms with E-state index in [9.17, 15) is 14.4 Å². The van der Waals surface area contributed by atoms with Crippen LogP contribution in [0.5, 0.6) is 0 Å². The Labute approximate surface area is 368 Å². The topological polar surface area (TPSA) is 78.9 Å². The minimum Gasteiger partial charge on any atom is -0.462 e. The van der Waals surface area contributed by atoms with E-state index in [1.807, 2.05) is 0 Å². The van der Waals surface area contributed by atoms with Gasteiger partial charge in [0.05, 0.1) is 0 Å². The van der Waals surface area contributed by atoms with Crippen molar-refractivity contribution in [3.05, 3.63) is 0 Å². The second kappa shape index (κ2) is 47.5. The zero-order valence-corrected chi connectivity index (χ0v) is 40.2. The maximum atomic E-state index is 12.8. The van der Waals surface area contributed by atoms with Crippen LogP contribution < -0.4 is 0 Å². The Hall–Kier alpha value is -1.59. The fourth-order valence-electron chi connectivity index (χ4n) is 8.04. The molecule has 0 aromatic heterocycles. The average Bonchev–Trinajstić information content (AvgIpc) is 3.22. The Morgan fingerprint density at radius 3 is 0.831 bits per heavy atom. The fraction of sp³-hybridized carbons (Fsp3) is 0.943. The van der Waals surface area contributed by atoms with Gasteiger partial charge in [-0.15, -0.1) is 0 Å². The quantitative estimate of drug-likeness (QED) is 0.0345. The molecule has 0 aromatic carbocycles. The van der Waals surface area contributed by atoms with Crippen LogP contribution in [0.3, 0.4) is 0 Å². The maximum Gasteiger partial charge on any atom is 0.306 e. The lowest BCUT2D eigenvalue weighted by Crippen LogP contribution is -2.30. The molecule has 0 aliphatic carbocycles. The molecule has 350 valence electrons. The molecule has 0 fully saturated rings. The van der Waals surface area contributed by atoms with Gasteiger partial charge in [-0.05, 0) is 25.2 Å². The van der Waals surface area contributed by atoms with E-state index in [4.69, 9.17) is 14.2 Å². The van der Waals surface area contributed by atoms with E-state index < -0.39 is 6.10 Å². The maximum absolute atomic E-state index is 12.8. The van der Waals surface area contributed by atoms with Crippen LogP contribution in [-0.4, -0.2) is 37.2 Å². The number of ether oxygens (including phenoxy) is 3. The molecule has 0 spiro atoms. The molecule has 0 rings (SSSR count). The first-order valence-electron chi connectivity index (χ1n) is 26.4. The largest absolute Gasteiger partial charge is 0.462 e. The highest BCUT2D eigenvalue weighted by Crippen LogP contribution is 2.17. The van der Waals surface area contributed by atoms with Crippen LogP contribution in [0.2, 0.25) is 0 Å². The van der Waals surface area contributed by atoms with E-state index in [0.717, 1.165) is 63.7 Å². The third kappa shape index (κ3) is 47.3. The molecule has 0 N–H and O–H groups in total. The Balaban J connectivity index is 4.30. The minimum atomic E-state index is -0.760. The highest BCUT2D eigenvalue weighted by atomic mass is 16.6. The van der Waals surface area contributed by atoms with E-state index in [1.165, 1.54) is 193 Å². The molecule has 0 aromatic rings. The number of carbonyl (C=O) groups is 3. The molecule has 0 heterocycles. The molecular weight excluding hydrogens is 733 g/mol. The molecule has 6 nitrogen and oxygen atoms in total. The van der Waals surface area contributed by atoms with Crippen molar-refractivity contribution in [3.8, 4) is 0 Å². The molecule has 0 saturated heterocycles. The van der Waals surface area contributed by atoms with Gasteiger partial charge in [-0.3, -0.25) is 14.4 Å². The Morgan fingerprint density at radius 1 is 0.322 bits per heavy atom. The number of hydrogen-bond acceptors (Lipinski definition) is 6. The Morgan fingerprint density at radius 2 is 0.559 bits per heavy atom. The summed E-state index contributed by atoms with van der Waals surface area (Å²) in [6.07, 6.45) is 49.4. The first-order valence-corrected chi connectivity index (χ1v) is 26.4. The smallest absolute Gasteiger partial charge is 0.306 e. The van der Waals surface area contributed by atoms with Gasteiger partial charge in [0.1, 0.15) is 13.2 Å². The summed E-state index contributed by atoms with van der Waals surface area (Å²) in [5, 5.41) is 0. The van der Waals surface area contributed by atoms with Crippen molar-refractivity contribution in [2.24, 2.45) is 5.92 Å². The van der Waals surface area contributed by atoms with Crippen molar-refractivity contribution in [1.82, 2.24) is 0 Å². The molecule has 0 saturated carbocycles.